The van der Waals surface area contributed by atoms with Crippen LogP contribution in [0.3, 0.4) is 0 Å². The number of rotatable bonds is 5. The number of ether oxygens (including phenoxy) is 1. The summed E-state index contributed by atoms with van der Waals surface area (Å²) in [5.74, 6) is 0.822. The maximum atomic E-state index is 10.4. The first-order chi connectivity index (χ1) is 10.3. The number of pyridine rings is 1. The van der Waals surface area contributed by atoms with E-state index < -0.39 is 6.10 Å². The Hall–Kier alpha value is -2.33. The smallest absolute Gasteiger partial charge is 0.137 e. The Balaban J connectivity index is 1.82. The molecule has 2 heterocycles. The zero-order chi connectivity index (χ0) is 14.7. The lowest BCUT2D eigenvalue weighted by Gasteiger charge is -2.09. The number of benzene rings is 1. The molecule has 2 aromatic heterocycles. The highest BCUT2D eigenvalue weighted by atomic mass is 16.5. The first-order valence-corrected chi connectivity index (χ1v) is 7.12. The second-order valence-corrected chi connectivity index (χ2v) is 4.95. The third kappa shape index (κ3) is 2.90. The Morgan fingerprint density at radius 2 is 2.00 bits per heavy atom. The summed E-state index contributed by atoms with van der Waals surface area (Å²) in [5, 5.41) is 10.4. The number of fused-ring (bicyclic) bond motifs is 1. The van der Waals surface area contributed by atoms with Crippen molar-refractivity contribution in [3.63, 3.8) is 0 Å². The lowest BCUT2D eigenvalue weighted by atomic mass is 10.1. The molecule has 1 N–H and O–H groups in total. The van der Waals surface area contributed by atoms with Crippen LogP contribution in [0.5, 0.6) is 5.75 Å². The Bertz CT molecular complexity index is 686. The number of hydrogen-bond donors (Lipinski definition) is 1. The van der Waals surface area contributed by atoms with E-state index in [2.05, 4.69) is 11.9 Å². The summed E-state index contributed by atoms with van der Waals surface area (Å²) in [6, 6.07) is 13.3. The molecule has 1 aromatic carbocycles. The second-order valence-electron chi connectivity index (χ2n) is 4.95. The van der Waals surface area contributed by atoms with Gasteiger partial charge in [-0.3, -0.25) is 0 Å². The van der Waals surface area contributed by atoms with Crippen molar-refractivity contribution in [3.8, 4) is 5.75 Å². The lowest BCUT2D eigenvalue weighted by molar-refractivity contribution is 0.216. The van der Waals surface area contributed by atoms with Crippen LogP contribution in [0.1, 0.15) is 30.7 Å². The van der Waals surface area contributed by atoms with E-state index in [1.807, 2.05) is 59.3 Å². The largest absolute Gasteiger partial charge is 0.494 e. The van der Waals surface area contributed by atoms with Gasteiger partial charge in [-0.2, -0.15) is 0 Å². The Kier molecular flexibility index (Phi) is 3.88. The van der Waals surface area contributed by atoms with Crippen LogP contribution in [-0.4, -0.2) is 21.1 Å². The number of aliphatic hydroxyl groups is 1. The van der Waals surface area contributed by atoms with E-state index in [1.165, 1.54) is 0 Å². The minimum Gasteiger partial charge on any atom is -0.494 e. The van der Waals surface area contributed by atoms with Crippen molar-refractivity contribution in [2.75, 3.05) is 6.61 Å². The molecule has 0 aliphatic rings. The van der Waals surface area contributed by atoms with Gasteiger partial charge in [-0.15, -0.1) is 0 Å². The van der Waals surface area contributed by atoms with Gasteiger partial charge in [0.2, 0.25) is 0 Å². The van der Waals surface area contributed by atoms with Crippen LogP contribution in [-0.2, 0) is 0 Å². The van der Waals surface area contributed by atoms with Crippen LogP contribution in [0.25, 0.3) is 5.65 Å². The van der Waals surface area contributed by atoms with Gasteiger partial charge in [0.1, 0.15) is 17.5 Å². The van der Waals surface area contributed by atoms with Gasteiger partial charge < -0.3 is 14.2 Å². The highest BCUT2D eigenvalue weighted by molar-refractivity contribution is 5.41. The van der Waals surface area contributed by atoms with E-state index in [9.17, 15) is 5.11 Å². The number of aliphatic hydroxyl groups excluding tert-OH is 1. The second kappa shape index (κ2) is 5.97. The SMILES string of the molecule is CCCOc1ccc(C(O)c2cn3ccccc3n2)cc1. The molecule has 0 bridgehead atoms. The summed E-state index contributed by atoms with van der Waals surface area (Å²) in [6.07, 6.45) is 4.01. The van der Waals surface area contributed by atoms with Crippen molar-refractivity contribution in [1.82, 2.24) is 9.38 Å². The van der Waals surface area contributed by atoms with Crippen molar-refractivity contribution >= 4 is 5.65 Å². The minimum absolute atomic E-state index is 0.642. The van der Waals surface area contributed by atoms with E-state index in [0.717, 1.165) is 23.4 Å². The average Bonchev–Trinajstić information content (AvgIpc) is 2.96. The Morgan fingerprint density at radius 3 is 2.71 bits per heavy atom. The van der Waals surface area contributed by atoms with Crippen molar-refractivity contribution in [1.29, 1.82) is 0 Å². The first kappa shape index (κ1) is 13.6. The van der Waals surface area contributed by atoms with E-state index in [0.29, 0.717) is 12.3 Å². The fourth-order valence-electron chi connectivity index (χ4n) is 2.22. The molecular weight excluding hydrogens is 264 g/mol. The van der Waals surface area contributed by atoms with Crippen LogP contribution in [0.2, 0.25) is 0 Å². The average molecular weight is 282 g/mol. The summed E-state index contributed by atoms with van der Waals surface area (Å²) in [7, 11) is 0. The molecule has 0 saturated heterocycles. The summed E-state index contributed by atoms with van der Waals surface area (Å²) in [4.78, 5) is 4.44. The molecule has 0 aliphatic heterocycles. The van der Waals surface area contributed by atoms with E-state index in [4.69, 9.17) is 4.74 Å². The van der Waals surface area contributed by atoms with Gasteiger partial charge in [-0.25, -0.2) is 4.98 Å². The van der Waals surface area contributed by atoms with Crippen LogP contribution < -0.4 is 4.74 Å². The molecule has 21 heavy (non-hydrogen) atoms. The van der Waals surface area contributed by atoms with Crippen LogP contribution >= 0.6 is 0 Å². The molecule has 1 atom stereocenters. The Morgan fingerprint density at radius 1 is 1.19 bits per heavy atom. The van der Waals surface area contributed by atoms with Gasteiger partial charge in [-0.1, -0.05) is 25.1 Å². The number of hydrogen-bond acceptors (Lipinski definition) is 3. The van der Waals surface area contributed by atoms with Gasteiger partial charge in [-0.05, 0) is 36.2 Å². The summed E-state index contributed by atoms with van der Waals surface area (Å²) in [6.45, 7) is 2.77. The summed E-state index contributed by atoms with van der Waals surface area (Å²) in [5.41, 5.74) is 2.28. The van der Waals surface area contributed by atoms with Gasteiger partial charge in [0.05, 0.1) is 12.3 Å². The molecule has 0 radical (unpaired) electrons. The van der Waals surface area contributed by atoms with Gasteiger partial charge >= 0.3 is 0 Å². The highest BCUT2D eigenvalue weighted by Crippen LogP contribution is 2.23. The zero-order valence-corrected chi connectivity index (χ0v) is 11.9. The predicted octanol–water partition coefficient (Wildman–Crippen LogP) is 3.20. The van der Waals surface area contributed by atoms with E-state index >= 15 is 0 Å². The highest BCUT2D eigenvalue weighted by Gasteiger charge is 2.14. The molecule has 3 rings (SSSR count). The third-order valence-corrected chi connectivity index (χ3v) is 3.33. The fraction of sp³-hybridized carbons (Fsp3) is 0.235. The standard InChI is InChI=1S/C17H18N2O2/c1-2-11-21-14-8-6-13(7-9-14)17(20)15-12-19-10-4-3-5-16(19)18-15/h3-10,12,17,20H,2,11H2,1H3. The van der Waals surface area contributed by atoms with Gasteiger partial charge in [0.25, 0.3) is 0 Å². The quantitative estimate of drug-likeness (QED) is 0.781. The number of nitrogens with zero attached hydrogens (tertiary/aromatic N) is 2. The van der Waals surface area contributed by atoms with Crippen molar-refractivity contribution in [3.05, 3.63) is 66.1 Å². The van der Waals surface area contributed by atoms with Crippen LogP contribution in [0, 0.1) is 0 Å². The fourth-order valence-corrected chi connectivity index (χ4v) is 2.22. The van der Waals surface area contributed by atoms with E-state index in [1.54, 1.807) is 0 Å². The molecule has 0 spiro atoms. The lowest BCUT2D eigenvalue weighted by Crippen LogP contribution is -2.00. The topological polar surface area (TPSA) is 46.8 Å². The molecule has 0 aliphatic carbocycles. The molecule has 3 aromatic rings. The van der Waals surface area contributed by atoms with E-state index in [-0.39, 0.29) is 0 Å². The van der Waals surface area contributed by atoms with Crippen LogP contribution in [0.15, 0.2) is 54.9 Å². The zero-order valence-electron chi connectivity index (χ0n) is 11.9. The number of aromatic nitrogens is 2. The summed E-state index contributed by atoms with van der Waals surface area (Å²) < 4.78 is 7.44. The van der Waals surface area contributed by atoms with Crippen molar-refractivity contribution in [2.45, 2.75) is 19.4 Å². The molecule has 4 heteroatoms. The molecule has 0 saturated carbocycles. The molecule has 4 nitrogen and oxygen atoms in total. The molecule has 0 amide bonds. The number of imidazole rings is 1. The van der Waals surface area contributed by atoms with Crippen molar-refractivity contribution in [2.24, 2.45) is 0 Å². The Labute approximate surface area is 123 Å². The molecule has 108 valence electrons. The van der Waals surface area contributed by atoms with Crippen molar-refractivity contribution < 1.29 is 9.84 Å². The maximum absolute atomic E-state index is 10.4. The van der Waals surface area contributed by atoms with Gasteiger partial charge in [0, 0.05) is 12.4 Å². The van der Waals surface area contributed by atoms with Crippen LogP contribution in [0.4, 0.5) is 0 Å². The monoisotopic (exact) mass is 282 g/mol. The molecule has 1 unspecified atom stereocenters. The normalized spacial score (nSPS) is 12.5. The predicted molar refractivity (Wildman–Crippen MR) is 81.5 cm³/mol. The minimum atomic E-state index is -0.731. The molecule has 0 fully saturated rings. The van der Waals surface area contributed by atoms with Gasteiger partial charge in [0.15, 0.2) is 0 Å². The molecular formula is C17H18N2O2. The third-order valence-electron chi connectivity index (χ3n) is 3.33. The maximum Gasteiger partial charge on any atom is 0.137 e. The summed E-state index contributed by atoms with van der Waals surface area (Å²) >= 11 is 0. The first-order valence-electron chi connectivity index (χ1n) is 7.12.